The zero-order chi connectivity index (χ0) is 15.5. The number of aryl methyl sites for hydroxylation is 1. The van der Waals surface area contributed by atoms with Crippen molar-refractivity contribution >= 4 is 17.3 Å². The number of hydrogen-bond acceptors (Lipinski definition) is 5. The summed E-state index contributed by atoms with van der Waals surface area (Å²) < 4.78 is 11.1. The molecule has 0 amide bonds. The molecule has 22 heavy (non-hydrogen) atoms. The second kappa shape index (κ2) is 6.46. The van der Waals surface area contributed by atoms with Gasteiger partial charge in [0.2, 0.25) is 0 Å². The first kappa shape index (κ1) is 15.0. The molecule has 1 aromatic heterocycles. The van der Waals surface area contributed by atoms with Crippen molar-refractivity contribution in [3.05, 3.63) is 35.0 Å². The maximum atomic E-state index is 11.2. The molecule has 3 rings (SSSR count). The van der Waals surface area contributed by atoms with Crippen LogP contribution in [0.4, 0.5) is 0 Å². The maximum absolute atomic E-state index is 11.2. The summed E-state index contributed by atoms with van der Waals surface area (Å²) in [6.07, 6.45) is 1.04. The molecule has 1 aliphatic rings. The van der Waals surface area contributed by atoms with Crippen LogP contribution in [0.25, 0.3) is 10.4 Å². The predicted molar refractivity (Wildman–Crippen MR) is 83.7 cm³/mol. The molecule has 1 atom stereocenters. The van der Waals surface area contributed by atoms with Crippen LogP contribution < -0.4 is 4.74 Å². The normalized spacial score (nSPS) is 17.6. The molecule has 0 aliphatic carbocycles. The van der Waals surface area contributed by atoms with Gasteiger partial charge in [-0.05, 0) is 43.2 Å². The first-order chi connectivity index (χ1) is 10.6. The minimum absolute atomic E-state index is 0.110. The summed E-state index contributed by atoms with van der Waals surface area (Å²) in [5, 5.41) is 9.95. The smallest absolute Gasteiger partial charge is 0.356 e. The fourth-order valence-corrected chi connectivity index (χ4v) is 3.31. The molecule has 5 nitrogen and oxygen atoms in total. The van der Waals surface area contributed by atoms with Crippen LogP contribution in [0.1, 0.15) is 21.9 Å². The Morgan fingerprint density at radius 1 is 1.45 bits per heavy atom. The number of rotatable bonds is 5. The van der Waals surface area contributed by atoms with E-state index in [1.807, 2.05) is 31.2 Å². The summed E-state index contributed by atoms with van der Waals surface area (Å²) in [6, 6.07) is 7.48. The molecule has 6 heteroatoms. The van der Waals surface area contributed by atoms with E-state index in [4.69, 9.17) is 9.47 Å². The Morgan fingerprint density at radius 3 is 2.86 bits per heavy atom. The van der Waals surface area contributed by atoms with E-state index in [0.29, 0.717) is 17.4 Å². The van der Waals surface area contributed by atoms with Gasteiger partial charge in [0.05, 0.1) is 23.1 Å². The molecule has 1 unspecified atom stereocenters. The molecule has 1 aromatic carbocycles. The van der Waals surface area contributed by atoms with Crippen molar-refractivity contribution < 1.29 is 19.4 Å². The summed E-state index contributed by atoms with van der Waals surface area (Å²) in [5.74, 6) is 0.247. The predicted octanol–water partition coefficient (Wildman–Crippen LogP) is 3.23. The van der Waals surface area contributed by atoms with E-state index in [-0.39, 0.29) is 5.69 Å². The lowest BCUT2D eigenvalue weighted by Crippen LogP contribution is -2.11. The number of hydrogen-bond donors (Lipinski definition) is 1. The van der Waals surface area contributed by atoms with E-state index < -0.39 is 5.97 Å². The van der Waals surface area contributed by atoms with Crippen LogP contribution in [-0.4, -0.2) is 35.9 Å². The van der Waals surface area contributed by atoms with Crippen LogP contribution in [-0.2, 0) is 4.74 Å². The molecule has 1 aliphatic heterocycles. The second-order valence-electron chi connectivity index (χ2n) is 5.28. The molecule has 0 saturated carbocycles. The quantitative estimate of drug-likeness (QED) is 0.916. The Morgan fingerprint density at radius 2 is 2.23 bits per heavy atom. The van der Waals surface area contributed by atoms with Crippen molar-refractivity contribution in [1.29, 1.82) is 0 Å². The van der Waals surface area contributed by atoms with E-state index in [1.54, 1.807) is 0 Å². The summed E-state index contributed by atoms with van der Waals surface area (Å²) in [5.41, 5.74) is 0.957. The van der Waals surface area contributed by atoms with Gasteiger partial charge < -0.3 is 14.6 Å². The third kappa shape index (κ3) is 3.28. The average Bonchev–Trinajstić information content (AvgIpc) is 3.15. The Balaban J connectivity index is 1.72. The fourth-order valence-electron chi connectivity index (χ4n) is 2.40. The van der Waals surface area contributed by atoms with E-state index in [1.165, 1.54) is 11.3 Å². The molecule has 0 bridgehead atoms. The van der Waals surface area contributed by atoms with Crippen LogP contribution in [0, 0.1) is 12.8 Å². The van der Waals surface area contributed by atoms with Crippen LogP contribution >= 0.6 is 11.3 Å². The highest BCUT2D eigenvalue weighted by molar-refractivity contribution is 7.15. The van der Waals surface area contributed by atoms with Gasteiger partial charge in [0.15, 0.2) is 5.69 Å². The first-order valence-corrected chi connectivity index (χ1v) is 7.97. The van der Waals surface area contributed by atoms with Crippen molar-refractivity contribution in [2.45, 2.75) is 13.3 Å². The summed E-state index contributed by atoms with van der Waals surface area (Å²) in [7, 11) is 0. The van der Waals surface area contributed by atoms with Gasteiger partial charge in [-0.15, -0.1) is 11.3 Å². The van der Waals surface area contributed by atoms with Crippen molar-refractivity contribution in [2.75, 3.05) is 19.8 Å². The number of ether oxygens (including phenoxy) is 2. The Kier molecular flexibility index (Phi) is 4.40. The van der Waals surface area contributed by atoms with Gasteiger partial charge in [-0.3, -0.25) is 0 Å². The van der Waals surface area contributed by atoms with Gasteiger partial charge >= 0.3 is 5.97 Å². The first-order valence-electron chi connectivity index (χ1n) is 7.15. The topological polar surface area (TPSA) is 68.7 Å². The molecule has 116 valence electrons. The molecule has 1 saturated heterocycles. The lowest BCUT2D eigenvalue weighted by atomic mass is 10.1. The number of carbonyl (C=O) groups is 1. The van der Waals surface area contributed by atoms with Crippen molar-refractivity contribution in [3.63, 3.8) is 0 Å². The minimum atomic E-state index is -0.999. The zero-order valence-electron chi connectivity index (χ0n) is 12.2. The fraction of sp³-hybridized carbons (Fsp3) is 0.375. The van der Waals surface area contributed by atoms with Crippen LogP contribution in [0.2, 0.25) is 0 Å². The number of thiazole rings is 1. The third-order valence-corrected chi connectivity index (χ3v) is 4.58. The van der Waals surface area contributed by atoms with Gasteiger partial charge in [-0.1, -0.05) is 0 Å². The van der Waals surface area contributed by atoms with Gasteiger partial charge in [0.1, 0.15) is 5.75 Å². The van der Waals surface area contributed by atoms with Gasteiger partial charge in [-0.25, -0.2) is 9.78 Å². The van der Waals surface area contributed by atoms with E-state index >= 15 is 0 Å². The largest absolute Gasteiger partial charge is 0.493 e. The van der Waals surface area contributed by atoms with Crippen molar-refractivity contribution in [2.24, 2.45) is 5.92 Å². The highest BCUT2D eigenvalue weighted by Crippen LogP contribution is 2.31. The van der Waals surface area contributed by atoms with Gasteiger partial charge in [0.25, 0.3) is 0 Å². The Bertz CT molecular complexity index is 659. The number of carboxylic acids is 1. The van der Waals surface area contributed by atoms with E-state index in [0.717, 1.165) is 36.0 Å². The molecule has 2 heterocycles. The highest BCUT2D eigenvalue weighted by atomic mass is 32.1. The summed E-state index contributed by atoms with van der Waals surface area (Å²) >= 11 is 1.39. The monoisotopic (exact) mass is 319 g/mol. The zero-order valence-corrected chi connectivity index (χ0v) is 13.1. The number of aromatic carboxylic acids is 1. The number of benzene rings is 1. The molecule has 0 radical (unpaired) electrons. The number of nitrogens with zero attached hydrogens (tertiary/aromatic N) is 1. The lowest BCUT2D eigenvalue weighted by Gasteiger charge is -2.10. The molecular weight excluding hydrogens is 302 g/mol. The number of aromatic nitrogens is 1. The molecule has 1 fully saturated rings. The maximum Gasteiger partial charge on any atom is 0.356 e. The standard InChI is InChI=1S/C16H17NO4S/c1-10-17-14(16(18)19)15(22-10)12-2-4-13(5-3-12)21-9-11-6-7-20-8-11/h2-5,11H,6-9H2,1H3,(H,18,19). The molecule has 1 N–H and O–H groups in total. The Labute approximate surface area is 132 Å². The average molecular weight is 319 g/mol. The molecule has 0 spiro atoms. The van der Waals surface area contributed by atoms with Gasteiger partial charge in [0, 0.05) is 12.5 Å². The van der Waals surface area contributed by atoms with Crippen LogP contribution in [0.5, 0.6) is 5.75 Å². The van der Waals surface area contributed by atoms with Crippen LogP contribution in [0.15, 0.2) is 24.3 Å². The van der Waals surface area contributed by atoms with Gasteiger partial charge in [-0.2, -0.15) is 0 Å². The highest BCUT2D eigenvalue weighted by Gasteiger charge is 2.18. The third-order valence-electron chi connectivity index (χ3n) is 3.56. The van der Waals surface area contributed by atoms with Crippen molar-refractivity contribution in [1.82, 2.24) is 4.98 Å². The van der Waals surface area contributed by atoms with E-state index in [9.17, 15) is 9.90 Å². The van der Waals surface area contributed by atoms with E-state index in [2.05, 4.69) is 4.98 Å². The lowest BCUT2D eigenvalue weighted by molar-refractivity contribution is 0.0692. The Hall–Kier alpha value is -1.92. The molecule has 2 aromatic rings. The summed E-state index contributed by atoms with van der Waals surface area (Å²) in [4.78, 5) is 16.0. The van der Waals surface area contributed by atoms with Crippen LogP contribution in [0.3, 0.4) is 0 Å². The summed E-state index contributed by atoms with van der Waals surface area (Å²) in [6.45, 7) is 4.04. The minimum Gasteiger partial charge on any atom is -0.493 e. The van der Waals surface area contributed by atoms with Crippen molar-refractivity contribution in [3.8, 4) is 16.2 Å². The number of carboxylic acid groups (broad SMARTS) is 1. The molecular formula is C16H17NO4S. The second-order valence-corrected chi connectivity index (χ2v) is 6.48. The SMILES string of the molecule is Cc1nc(C(=O)O)c(-c2ccc(OCC3CCOC3)cc2)s1.